The van der Waals surface area contributed by atoms with Gasteiger partial charge in [-0.25, -0.2) is 0 Å². The van der Waals surface area contributed by atoms with E-state index in [1.807, 2.05) is 0 Å². The van der Waals surface area contributed by atoms with Gasteiger partial charge in [0.15, 0.2) is 0 Å². The number of carbonyl (C=O) groups is 1. The molecule has 1 atom stereocenters. The fourth-order valence-electron chi connectivity index (χ4n) is 0.973. The van der Waals surface area contributed by atoms with Gasteiger partial charge in [-0.3, -0.25) is 9.78 Å². The molecular weight excluding hydrogens is 192 g/mol. The number of aromatic nitrogens is 1. The zero-order chi connectivity index (χ0) is 11.5. The van der Waals surface area contributed by atoms with Crippen LogP contribution in [0.4, 0.5) is 0 Å². The smallest absolute Gasteiger partial charge is 0.251 e. The highest BCUT2D eigenvalue weighted by molar-refractivity contribution is 5.94. The van der Waals surface area contributed by atoms with E-state index in [9.17, 15) is 9.90 Å². The molecule has 82 valence electrons. The van der Waals surface area contributed by atoms with Crippen molar-refractivity contribution in [3.63, 3.8) is 0 Å². The molecule has 0 spiro atoms. The molecule has 15 heavy (non-hydrogen) atoms. The quantitative estimate of drug-likeness (QED) is 0.778. The highest BCUT2D eigenvalue weighted by atomic mass is 16.3. The number of hydrogen-bond acceptors (Lipinski definition) is 3. The number of rotatable bonds is 3. The fraction of sp³-hybridized carbons (Fsp3) is 0.455. The van der Waals surface area contributed by atoms with Crippen molar-refractivity contribution in [2.75, 3.05) is 0 Å². The molecule has 1 aromatic heterocycles. The zero-order valence-corrected chi connectivity index (χ0v) is 9.19. The van der Waals surface area contributed by atoms with E-state index >= 15 is 0 Å². The van der Waals surface area contributed by atoms with E-state index in [1.54, 1.807) is 45.3 Å². The average molecular weight is 208 g/mol. The molecule has 1 rings (SSSR count). The maximum atomic E-state index is 11.7. The van der Waals surface area contributed by atoms with Gasteiger partial charge in [0.2, 0.25) is 0 Å². The third-order valence-electron chi connectivity index (χ3n) is 2.42. The van der Waals surface area contributed by atoms with Gasteiger partial charge in [-0.05, 0) is 32.9 Å². The molecule has 0 aromatic carbocycles. The molecule has 0 fully saturated rings. The van der Waals surface area contributed by atoms with Crippen LogP contribution in [-0.2, 0) is 0 Å². The van der Waals surface area contributed by atoms with E-state index in [0.29, 0.717) is 5.56 Å². The highest BCUT2D eigenvalue weighted by Crippen LogP contribution is 2.09. The van der Waals surface area contributed by atoms with E-state index in [0.717, 1.165) is 0 Å². The van der Waals surface area contributed by atoms with Crippen LogP contribution in [0.25, 0.3) is 0 Å². The number of aliphatic hydroxyl groups is 1. The van der Waals surface area contributed by atoms with Crippen LogP contribution in [0, 0.1) is 0 Å². The topological polar surface area (TPSA) is 62.2 Å². The molecule has 1 heterocycles. The lowest BCUT2D eigenvalue weighted by atomic mass is 9.98. The van der Waals surface area contributed by atoms with Crippen LogP contribution in [-0.4, -0.2) is 27.6 Å². The molecule has 4 nitrogen and oxygen atoms in total. The van der Waals surface area contributed by atoms with E-state index < -0.39 is 11.6 Å². The molecule has 4 heteroatoms. The summed E-state index contributed by atoms with van der Waals surface area (Å²) in [6.07, 6.45) is 2.51. The molecule has 0 bridgehead atoms. The first kappa shape index (κ1) is 11.7. The Morgan fingerprint density at radius 2 is 2.00 bits per heavy atom. The number of nitrogens with one attached hydrogen (secondary N) is 1. The third-order valence-corrected chi connectivity index (χ3v) is 2.42. The van der Waals surface area contributed by atoms with E-state index in [-0.39, 0.29) is 5.91 Å². The first-order chi connectivity index (χ1) is 6.93. The second kappa shape index (κ2) is 4.40. The van der Waals surface area contributed by atoms with E-state index in [2.05, 4.69) is 10.3 Å². The maximum Gasteiger partial charge on any atom is 0.251 e. The number of pyridine rings is 1. The Kier molecular flexibility index (Phi) is 3.42. The SMILES string of the molecule is CC(O)C(C)(C)NC(=O)c1ccncc1. The van der Waals surface area contributed by atoms with Crippen molar-refractivity contribution in [2.24, 2.45) is 0 Å². The van der Waals surface area contributed by atoms with Crippen molar-refractivity contribution >= 4 is 5.91 Å². The van der Waals surface area contributed by atoms with E-state index in [1.165, 1.54) is 0 Å². The van der Waals surface area contributed by atoms with Crippen molar-refractivity contribution in [1.82, 2.24) is 10.3 Å². The molecule has 0 aliphatic carbocycles. The molecule has 0 aliphatic heterocycles. The minimum absolute atomic E-state index is 0.205. The first-order valence-corrected chi connectivity index (χ1v) is 4.84. The van der Waals surface area contributed by atoms with Crippen molar-refractivity contribution in [3.8, 4) is 0 Å². The maximum absolute atomic E-state index is 11.7. The molecule has 0 aliphatic rings. The fourth-order valence-corrected chi connectivity index (χ4v) is 0.973. The highest BCUT2D eigenvalue weighted by Gasteiger charge is 2.26. The molecule has 0 saturated heterocycles. The van der Waals surface area contributed by atoms with Crippen LogP contribution in [0.3, 0.4) is 0 Å². The summed E-state index contributed by atoms with van der Waals surface area (Å²) in [7, 11) is 0. The lowest BCUT2D eigenvalue weighted by Crippen LogP contribution is -2.50. The standard InChI is InChI=1S/C11H16N2O2/c1-8(14)11(2,3)13-10(15)9-4-6-12-7-5-9/h4-8,14H,1-3H3,(H,13,15). The van der Waals surface area contributed by atoms with Gasteiger partial charge in [-0.2, -0.15) is 0 Å². The Bertz CT molecular complexity index is 334. The molecular formula is C11H16N2O2. The van der Waals surface area contributed by atoms with Crippen molar-refractivity contribution in [3.05, 3.63) is 30.1 Å². The predicted molar refractivity (Wildman–Crippen MR) is 57.5 cm³/mol. The molecule has 1 amide bonds. The summed E-state index contributed by atoms with van der Waals surface area (Å²) in [4.78, 5) is 15.5. The monoisotopic (exact) mass is 208 g/mol. The van der Waals surface area contributed by atoms with Gasteiger partial charge in [0.05, 0.1) is 11.6 Å². The summed E-state index contributed by atoms with van der Waals surface area (Å²) >= 11 is 0. The predicted octanol–water partition coefficient (Wildman–Crippen LogP) is 0.971. The second-order valence-corrected chi connectivity index (χ2v) is 4.09. The van der Waals surface area contributed by atoms with Gasteiger partial charge < -0.3 is 10.4 Å². The summed E-state index contributed by atoms with van der Waals surface area (Å²) in [6, 6.07) is 3.26. The number of carbonyl (C=O) groups excluding carboxylic acids is 1. The minimum Gasteiger partial charge on any atom is -0.391 e. The molecule has 1 aromatic rings. The second-order valence-electron chi connectivity index (χ2n) is 4.09. The Morgan fingerprint density at radius 3 is 2.47 bits per heavy atom. The summed E-state index contributed by atoms with van der Waals surface area (Å²) in [6.45, 7) is 5.19. The van der Waals surface area contributed by atoms with Crippen LogP contribution in [0.5, 0.6) is 0 Å². The van der Waals surface area contributed by atoms with Gasteiger partial charge in [0.25, 0.3) is 5.91 Å². The minimum atomic E-state index is -0.639. The first-order valence-electron chi connectivity index (χ1n) is 4.84. The molecule has 0 saturated carbocycles. The Balaban J connectivity index is 2.73. The van der Waals surface area contributed by atoms with Gasteiger partial charge in [0.1, 0.15) is 0 Å². The largest absolute Gasteiger partial charge is 0.391 e. The van der Waals surface area contributed by atoms with Gasteiger partial charge in [0, 0.05) is 18.0 Å². The van der Waals surface area contributed by atoms with Crippen molar-refractivity contribution in [1.29, 1.82) is 0 Å². The third kappa shape index (κ3) is 3.02. The van der Waals surface area contributed by atoms with Crippen molar-refractivity contribution in [2.45, 2.75) is 32.4 Å². The van der Waals surface area contributed by atoms with Crippen LogP contribution in [0.2, 0.25) is 0 Å². The van der Waals surface area contributed by atoms with Gasteiger partial charge >= 0.3 is 0 Å². The molecule has 0 radical (unpaired) electrons. The van der Waals surface area contributed by atoms with Gasteiger partial charge in [-0.1, -0.05) is 0 Å². The van der Waals surface area contributed by atoms with Gasteiger partial charge in [-0.15, -0.1) is 0 Å². The number of nitrogens with zero attached hydrogens (tertiary/aromatic N) is 1. The number of amides is 1. The summed E-state index contributed by atoms with van der Waals surface area (Å²) < 4.78 is 0. The summed E-state index contributed by atoms with van der Waals surface area (Å²) in [5.74, 6) is -0.205. The lowest BCUT2D eigenvalue weighted by molar-refractivity contribution is 0.0709. The van der Waals surface area contributed by atoms with Crippen LogP contribution in [0.15, 0.2) is 24.5 Å². The van der Waals surface area contributed by atoms with Crippen LogP contribution < -0.4 is 5.32 Å². The van der Waals surface area contributed by atoms with Crippen LogP contribution >= 0.6 is 0 Å². The molecule has 2 N–H and O–H groups in total. The summed E-state index contributed by atoms with van der Waals surface area (Å²) in [5.41, 5.74) is -0.0981. The molecule has 1 unspecified atom stereocenters. The van der Waals surface area contributed by atoms with Crippen molar-refractivity contribution < 1.29 is 9.90 Å². The number of aliphatic hydroxyl groups excluding tert-OH is 1. The Labute approximate surface area is 89.3 Å². The Morgan fingerprint density at radius 1 is 1.47 bits per heavy atom. The number of hydrogen-bond donors (Lipinski definition) is 2. The van der Waals surface area contributed by atoms with Crippen LogP contribution in [0.1, 0.15) is 31.1 Å². The Hall–Kier alpha value is -1.42. The normalized spacial score (nSPS) is 13.3. The zero-order valence-electron chi connectivity index (χ0n) is 9.19. The summed E-state index contributed by atoms with van der Waals surface area (Å²) in [5, 5.41) is 12.2. The average Bonchev–Trinajstić information content (AvgIpc) is 2.18. The lowest BCUT2D eigenvalue weighted by Gasteiger charge is -2.29. The van der Waals surface area contributed by atoms with E-state index in [4.69, 9.17) is 0 Å².